The highest BCUT2D eigenvalue weighted by Crippen LogP contribution is 2.27. The average molecular weight is 175 g/mol. The summed E-state index contributed by atoms with van der Waals surface area (Å²) in [6.45, 7) is 4.79. The quantitative estimate of drug-likeness (QED) is 0.653. The Balaban J connectivity index is 2.58. The number of hydrogen-bond acceptors (Lipinski definition) is 2. The number of rotatable bonds is 1. The molecule has 0 atom stereocenters. The zero-order valence-electron chi connectivity index (χ0n) is 8.00. The van der Waals surface area contributed by atoms with E-state index in [1.807, 2.05) is 13.0 Å². The van der Waals surface area contributed by atoms with Gasteiger partial charge in [0.1, 0.15) is 12.4 Å². The maximum Gasteiger partial charge on any atom is 0.148 e. The molecule has 1 aliphatic heterocycles. The fraction of sp³-hybridized carbons (Fsp3) is 0.364. The van der Waals surface area contributed by atoms with Gasteiger partial charge in [-0.15, -0.1) is 0 Å². The first-order valence-electron chi connectivity index (χ1n) is 4.61. The molecule has 0 aliphatic carbocycles. The Morgan fingerprint density at radius 1 is 1.54 bits per heavy atom. The maximum absolute atomic E-state index is 5.55. The lowest BCUT2D eigenvalue weighted by Gasteiger charge is -2.15. The van der Waals surface area contributed by atoms with Gasteiger partial charge in [-0.1, -0.05) is 13.0 Å². The summed E-state index contributed by atoms with van der Waals surface area (Å²) in [6, 6.07) is 2.06. The molecule has 2 heteroatoms. The fourth-order valence-corrected chi connectivity index (χ4v) is 1.59. The van der Waals surface area contributed by atoms with Crippen LogP contribution in [0.5, 0.6) is 5.75 Å². The van der Waals surface area contributed by atoms with Crippen molar-refractivity contribution >= 4 is 6.08 Å². The molecule has 2 heterocycles. The van der Waals surface area contributed by atoms with Crippen molar-refractivity contribution in [3.63, 3.8) is 0 Å². The number of aromatic nitrogens is 1. The van der Waals surface area contributed by atoms with Crippen LogP contribution in [0.3, 0.4) is 0 Å². The van der Waals surface area contributed by atoms with E-state index in [4.69, 9.17) is 4.74 Å². The molecule has 0 radical (unpaired) electrons. The molecule has 0 saturated carbocycles. The van der Waals surface area contributed by atoms with Crippen LogP contribution in [0.4, 0.5) is 0 Å². The van der Waals surface area contributed by atoms with E-state index in [0.717, 1.165) is 29.1 Å². The molecule has 68 valence electrons. The third kappa shape index (κ3) is 1.44. The Morgan fingerprint density at radius 2 is 2.38 bits per heavy atom. The molecule has 0 spiro atoms. The fourth-order valence-electron chi connectivity index (χ4n) is 1.59. The van der Waals surface area contributed by atoms with Gasteiger partial charge in [0.2, 0.25) is 0 Å². The van der Waals surface area contributed by atoms with Crippen molar-refractivity contribution in [1.82, 2.24) is 4.98 Å². The summed E-state index contributed by atoms with van der Waals surface area (Å²) in [7, 11) is 0. The van der Waals surface area contributed by atoms with E-state index in [2.05, 4.69) is 24.1 Å². The standard InChI is InChI=1S/C11H13NO/c1-3-10-11-9(5-4-6-13-11)7-8(2)12-10/h4-5,7H,3,6H2,1-2H3. The van der Waals surface area contributed by atoms with E-state index >= 15 is 0 Å². The number of aryl methyl sites for hydroxylation is 2. The topological polar surface area (TPSA) is 22.1 Å². The van der Waals surface area contributed by atoms with Crippen LogP contribution in [0.15, 0.2) is 12.1 Å². The number of fused-ring (bicyclic) bond motifs is 1. The van der Waals surface area contributed by atoms with Gasteiger partial charge < -0.3 is 4.74 Å². The number of nitrogens with zero attached hydrogens (tertiary/aromatic N) is 1. The Labute approximate surface area is 78.3 Å². The predicted octanol–water partition coefficient (Wildman–Crippen LogP) is 2.36. The van der Waals surface area contributed by atoms with Gasteiger partial charge in [-0.3, -0.25) is 4.98 Å². The van der Waals surface area contributed by atoms with Crippen LogP contribution in [0.25, 0.3) is 6.08 Å². The molecule has 2 rings (SSSR count). The second kappa shape index (κ2) is 3.21. The SMILES string of the molecule is CCc1nc(C)cc2c1OCC=C2. The van der Waals surface area contributed by atoms with Crippen LogP contribution < -0.4 is 4.74 Å². The minimum absolute atomic E-state index is 0.671. The van der Waals surface area contributed by atoms with Crippen LogP contribution in [-0.2, 0) is 6.42 Å². The summed E-state index contributed by atoms with van der Waals surface area (Å²) in [5, 5.41) is 0. The van der Waals surface area contributed by atoms with Gasteiger partial charge in [-0.2, -0.15) is 0 Å². The number of ether oxygens (including phenoxy) is 1. The van der Waals surface area contributed by atoms with Gasteiger partial charge in [0.25, 0.3) is 0 Å². The van der Waals surface area contributed by atoms with Gasteiger partial charge in [-0.25, -0.2) is 0 Å². The van der Waals surface area contributed by atoms with Crippen LogP contribution in [0.1, 0.15) is 23.9 Å². The molecule has 2 nitrogen and oxygen atoms in total. The Bertz CT molecular complexity index is 355. The summed E-state index contributed by atoms with van der Waals surface area (Å²) in [5.41, 5.74) is 3.29. The Hall–Kier alpha value is -1.31. The summed E-state index contributed by atoms with van der Waals surface area (Å²) in [5.74, 6) is 0.968. The summed E-state index contributed by atoms with van der Waals surface area (Å²) in [4.78, 5) is 4.45. The van der Waals surface area contributed by atoms with Crippen molar-refractivity contribution in [1.29, 1.82) is 0 Å². The van der Waals surface area contributed by atoms with E-state index in [1.165, 1.54) is 0 Å². The second-order valence-electron chi connectivity index (χ2n) is 3.20. The lowest BCUT2D eigenvalue weighted by atomic mass is 10.1. The van der Waals surface area contributed by atoms with E-state index in [-0.39, 0.29) is 0 Å². The molecular formula is C11H13NO. The molecule has 13 heavy (non-hydrogen) atoms. The van der Waals surface area contributed by atoms with Crippen molar-refractivity contribution in [3.05, 3.63) is 29.1 Å². The minimum Gasteiger partial charge on any atom is -0.487 e. The third-order valence-corrected chi connectivity index (χ3v) is 2.16. The molecule has 0 amide bonds. The Kier molecular flexibility index (Phi) is 2.05. The van der Waals surface area contributed by atoms with Crippen molar-refractivity contribution in [2.75, 3.05) is 6.61 Å². The van der Waals surface area contributed by atoms with E-state index < -0.39 is 0 Å². The zero-order chi connectivity index (χ0) is 9.26. The highest BCUT2D eigenvalue weighted by molar-refractivity contribution is 5.61. The van der Waals surface area contributed by atoms with E-state index in [0.29, 0.717) is 6.61 Å². The van der Waals surface area contributed by atoms with Crippen molar-refractivity contribution in [3.8, 4) is 5.75 Å². The summed E-state index contributed by atoms with van der Waals surface area (Å²) < 4.78 is 5.55. The first-order valence-corrected chi connectivity index (χ1v) is 4.61. The molecule has 1 aromatic rings. The smallest absolute Gasteiger partial charge is 0.148 e. The zero-order valence-corrected chi connectivity index (χ0v) is 8.00. The van der Waals surface area contributed by atoms with Crippen LogP contribution >= 0.6 is 0 Å². The molecule has 0 N–H and O–H groups in total. The monoisotopic (exact) mass is 175 g/mol. The molecule has 0 aromatic carbocycles. The predicted molar refractivity (Wildman–Crippen MR) is 52.9 cm³/mol. The number of hydrogen-bond donors (Lipinski definition) is 0. The molecule has 0 fully saturated rings. The average Bonchev–Trinajstić information content (AvgIpc) is 2.16. The van der Waals surface area contributed by atoms with Gasteiger partial charge >= 0.3 is 0 Å². The van der Waals surface area contributed by atoms with Crippen molar-refractivity contribution in [2.45, 2.75) is 20.3 Å². The van der Waals surface area contributed by atoms with Gasteiger partial charge in [0, 0.05) is 11.3 Å². The van der Waals surface area contributed by atoms with E-state index in [1.54, 1.807) is 0 Å². The molecule has 1 aromatic heterocycles. The molecular weight excluding hydrogens is 162 g/mol. The Morgan fingerprint density at radius 3 is 3.15 bits per heavy atom. The van der Waals surface area contributed by atoms with Crippen LogP contribution in [-0.4, -0.2) is 11.6 Å². The highest BCUT2D eigenvalue weighted by Gasteiger charge is 2.11. The maximum atomic E-state index is 5.55. The number of pyridine rings is 1. The molecule has 0 bridgehead atoms. The summed E-state index contributed by atoms with van der Waals surface area (Å²) >= 11 is 0. The molecule has 1 aliphatic rings. The lowest BCUT2D eigenvalue weighted by molar-refractivity contribution is 0.352. The first kappa shape index (κ1) is 8.30. The molecule has 0 saturated heterocycles. The summed E-state index contributed by atoms with van der Waals surface area (Å²) in [6.07, 6.45) is 5.06. The van der Waals surface area contributed by atoms with Gasteiger partial charge in [-0.05, 0) is 25.5 Å². The van der Waals surface area contributed by atoms with Crippen molar-refractivity contribution < 1.29 is 4.74 Å². The van der Waals surface area contributed by atoms with Crippen molar-refractivity contribution in [2.24, 2.45) is 0 Å². The van der Waals surface area contributed by atoms with Gasteiger partial charge in [0.15, 0.2) is 0 Å². The first-order chi connectivity index (χ1) is 6.31. The van der Waals surface area contributed by atoms with Crippen LogP contribution in [0, 0.1) is 6.92 Å². The normalized spacial score (nSPS) is 13.7. The second-order valence-corrected chi connectivity index (χ2v) is 3.20. The third-order valence-electron chi connectivity index (χ3n) is 2.16. The minimum atomic E-state index is 0.671. The van der Waals surface area contributed by atoms with E-state index in [9.17, 15) is 0 Å². The largest absolute Gasteiger partial charge is 0.487 e. The van der Waals surface area contributed by atoms with Gasteiger partial charge in [0.05, 0.1) is 5.69 Å². The molecule has 0 unspecified atom stereocenters. The lowest BCUT2D eigenvalue weighted by Crippen LogP contribution is -2.05. The highest BCUT2D eigenvalue weighted by atomic mass is 16.5. The van der Waals surface area contributed by atoms with Crippen LogP contribution in [0.2, 0.25) is 0 Å².